The lowest BCUT2D eigenvalue weighted by Gasteiger charge is -2.26. The average molecular weight is 323 g/mol. The van der Waals surface area contributed by atoms with Crippen LogP contribution in [-0.2, 0) is 33.9 Å². The Bertz CT molecular complexity index is 527. The van der Waals surface area contributed by atoms with Crippen molar-refractivity contribution in [2.24, 2.45) is 0 Å². The number of rotatable bonds is 5. The third-order valence-electron chi connectivity index (χ3n) is 4.30. The molecule has 2 aliphatic rings. The zero-order chi connectivity index (χ0) is 16.1. The number of carbonyl (C=O) groups is 1. The molecule has 1 amide bonds. The van der Waals surface area contributed by atoms with Gasteiger partial charge in [0.1, 0.15) is 12.4 Å². The molecule has 8 nitrogen and oxygen atoms in total. The first kappa shape index (κ1) is 16.4. The van der Waals surface area contributed by atoms with Gasteiger partial charge in [0.25, 0.3) is 0 Å². The molecule has 1 aromatic rings. The Labute approximate surface area is 136 Å². The summed E-state index contributed by atoms with van der Waals surface area (Å²) in [5, 5.41) is 8.67. The van der Waals surface area contributed by atoms with Crippen molar-refractivity contribution in [2.45, 2.75) is 33.0 Å². The summed E-state index contributed by atoms with van der Waals surface area (Å²) in [4.78, 5) is 16.3. The summed E-state index contributed by atoms with van der Waals surface area (Å²) in [6.45, 7) is 8.93. The average Bonchev–Trinajstić information content (AvgIpc) is 2.82. The highest BCUT2D eigenvalue weighted by Crippen LogP contribution is 2.15. The molecule has 128 valence electrons. The first-order valence-electron chi connectivity index (χ1n) is 8.34. The highest BCUT2D eigenvalue weighted by Gasteiger charge is 2.23. The van der Waals surface area contributed by atoms with Gasteiger partial charge in [-0.05, 0) is 13.3 Å². The minimum absolute atomic E-state index is 0.0260. The fourth-order valence-electron chi connectivity index (χ4n) is 2.99. The largest absolute Gasteiger partial charge is 0.379 e. The van der Waals surface area contributed by atoms with Gasteiger partial charge >= 0.3 is 0 Å². The van der Waals surface area contributed by atoms with Gasteiger partial charge < -0.3 is 18.9 Å². The van der Waals surface area contributed by atoms with Crippen molar-refractivity contribution < 1.29 is 14.3 Å². The molecule has 23 heavy (non-hydrogen) atoms. The predicted molar refractivity (Wildman–Crippen MR) is 82.6 cm³/mol. The number of morpholine rings is 1. The Kier molecular flexibility index (Phi) is 5.58. The molecule has 1 fully saturated rings. The van der Waals surface area contributed by atoms with Crippen LogP contribution in [0.15, 0.2) is 0 Å². The number of ether oxygens (including phenoxy) is 2. The molecule has 0 unspecified atom stereocenters. The lowest BCUT2D eigenvalue weighted by molar-refractivity contribution is -0.136. The maximum atomic E-state index is 12.2. The van der Waals surface area contributed by atoms with Crippen LogP contribution in [-0.4, -0.2) is 76.5 Å². The Morgan fingerprint density at radius 1 is 1.22 bits per heavy atom. The second-order valence-corrected chi connectivity index (χ2v) is 5.88. The highest BCUT2D eigenvalue weighted by atomic mass is 16.5. The Morgan fingerprint density at radius 2 is 2.04 bits per heavy atom. The van der Waals surface area contributed by atoms with Crippen molar-refractivity contribution >= 4 is 5.91 Å². The third kappa shape index (κ3) is 4.07. The summed E-state index contributed by atoms with van der Waals surface area (Å²) in [7, 11) is 0. The third-order valence-corrected chi connectivity index (χ3v) is 4.30. The summed E-state index contributed by atoms with van der Waals surface area (Å²) in [5.74, 6) is 1.88. The summed E-state index contributed by atoms with van der Waals surface area (Å²) in [6.07, 6.45) is 0.916. The minimum atomic E-state index is 0.0260. The lowest BCUT2D eigenvalue weighted by Crippen LogP contribution is -2.36. The van der Waals surface area contributed by atoms with E-state index in [0.717, 1.165) is 64.0 Å². The number of fused-ring (bicyclic) bond motifs is 1. The predicted octanol–water partition coefficient (Wildman–Crippen LogP) is -0.121. The molecule has 0 aliphatic carbocycles. The molecule has 1 saturated heterocycles. The SMILES string of the molecule is CCOCC(=O)N1CCCn2c(CN3CCOCC3)nnc2C1. The molecule has 3 rings (SSSR count). The first-order chi connectivity index (χ1) is 11.3. The molecular weight excluding hydrogens is 298 g/mol. The molecule has 0 N–H and O–H groups in total. The number of amides is 1. The summed E-state index contributed by atoms with van der Waals surface area (Å²) in [5.41, 5.74) is 0. The molecule has 2 aliphatic heterocycles. The molecule has 0 bridgehead atoms. The second kappa shape index (κ2) is 7.85. The zero-order valence-electron chi connectivity index (χ0n) is 13.7. The van der Waals surface area contributed by atoms with Crippen LogP contribution >= 0.6 is 0 Å². The van der Waals surface area contributed by atoms with Crippen molar-refractivity contribution in [1.29, 1.82) is 0 Å². The van der Waals surface area contributed by atoms with Crippen molar-refractivity contribution in [3.63, 3.8) is 0 Å². The topological polar surface area (TPSA) is 72.7 Å². The maximum Gasteiger partial charge on any atom is 0.248 e. The van der Waals surface area contributed by atoms with Crippen molar-refractivity contribution in [3.05, 3.63) is 11.6 Å². The van der Waals surface area contributed by atoms with E-state index in [4.69, 9.17) is 9.47 Å². The van der Waals surface area contributed by atoms with E-state index < -0.39 is 0 Å². The van der Waals surface area contributed by atoms with Crippen LogP contribution in [0, 0.1) is 0 Å². The Balaban J connectivity index is 1.65. The van der Waals surface area contributed by atoms with Gasteiger partial charge in [-0.3, -0.25) is 9.69 Å². The van der Waals surface area contributed by atoms with Crippen LogP contribution in [0.3, 0.4) is 0 Å². The number of hydrogen-bond donors (Lipinski definition) is 0. The van der Waals surface area contributed by atoms with Crippen molar-refractivity contribution in [3.8, 4) is 0 Å². The smallest absolute Gasteiger partial charge is 0.248 e. The Hall–Kier alpha value is -1.51. The number of carbonyl (C=O) groups excluding carboxylic acids is 1. The van der Waals surface area contributed by atoms with Gasteiger partial charge in [0.05, 0.1) is 26.3 Å². The molecule has 3 heterocycles. The van der Waals surface area contributed by atoms with Crippen LogP contribution in [0.1, 0.15) is 25.0 Å². The van der Waals surface area contributed by atoms with Gasteiger partial charge in [0.15, 0.2) is 5.82 Å². The molecule has 0 aromatic carbocycles. The number of aromatic nitrogens is 3. The van der Waals surface area contributed by atoms with Gasteiger partial charge in [-0.15, -0.1) is 10.2 Å². The van der Waals surface area contributed by atoms with Crippen LogP contribution in [0.5, 0.6) is 0 Å². The van der Waals surface area contributed by atoms with Gasteiger partial charge in [-0.25, -0.2) is 0 Å². The van der Waals surface area contributed by atoms with E-state index >= 15 is 0 Å². The number of nitrogens with zero attached hydrogens (tertiary/aromatic N) is 5. The van der Waals surface area contributed by atoms with Crippen LogP contribution < -0.4 is 0 Å². The van der Waals surface area contributed by atoms with Crippen LogP contribution in [0.4, 0.5) is 0 Å². The summed E-state index contributed by atoms with van der Waals surface area (Å²) >= 11 is 0. The summed E-state index contributed by atoms with van der Waals surface area (Å²) < 4.78 is 12.8. The van der Waals surface area contributed by atoms with E-state index in [2.05, 4.69) is 19.7 Å². The Morgan fingerprint density at radius 3 is 2.83 bits per heavy atom. The van der Waals surface area contributed by atoms with Crippen LogP contribution in [0.2, 0.25) is 0 Å². The fourth-order valence-corrected chi connectivity index (χ4v) is 2.99. The summed E-state index contributed by atoms with van der Waals surface area (Å²) in [6, 6.07) is 0. The van der Waals surface area contributed by atoms with E-state index in [-0.39, 0.29) is 12.5 Å². The molecular formula is C15H25N5O3. The van der Waals surface area contributed by atoms with Crippen LogP contribution in [0.25, 0.3) is 0 Å². The molecule has 0 radical (unpaired) electrons. The van der Waals surface area contributed by atoms with Gasteiger partial charge in [0.2, 0.25) is 5.91 Å². The molecule has 0 atom stereocenters. The zero-order valence-corrected chi connectivity index (χ0v) is 13.7. The van der Waals surface area contributed by atoms with Gasteiger partial charge in [-0.1, -0.05) is 0 Å². The molecule has 0 saturated carbocycles. The number of hydrogen-bond acceptors (Lipinski definition) is 6. The maximum absolute atomic E-state index is 12.2. The molecule has 1 aromatic heterocycles. The minimum Gasteiger partial charge on any atom is -0.379 e. The lowest BCUT2D eigenvalue weighted by atomic mass is 10.3. The molecule has 0 spiro atoms. The fraction of sp³-hybridized carbons (Fsp3) is 0.800. The second-order valence-electron chi connectivity index (χ2n) is 5.88. The van der Waals surface area contributed by atoms with Crippen molar-refractivity contribution in [1.82, 2.24) is 24.6 Å². The monoisotopic (exact) mass is 323 g/mol. The van der Waals surface area contributed by atoms with E-state index in [1.54, 1.807) is 0 Å². The van der Waals surface area contributed by atoms with E-state index in [9.17, 15) is 4.79 Å². The quantitative estimate of drug-likeness (QED) is 0.752. The highest BCUT2D eigenvalue weighted by molar-refractivity contribution is 5.77. The van der Waals surface area contributed by atoms with Crippen molar-refractivity contribution in [2.75, 3.05) is 46.1 Å². The van der Waals surface area contributed by atoms with E-state index in [1.807, 2.05) is 11.8 Å². The normalized spacial score (nSPS) is 19.4. The first-order valence-corrected chi connectivity index (χ1v) is 8.34. The van der Waals surface area contributed by atoms with Gasteiger partial charge in [-0.2, -0.15) is 0 Å². The van der Waals surface area contributed by atoms with E-state index in [1.165, 1.54) is 0 Å². The standard InChI is InChI=1S/C15H25N5O3/c1-2-22-12-15(21)19-4-3-5-20-13(16-17-14(20)11-19)10-18-6-8-23-9-7-18/h2-12H2,1H3. The van der Waals surface area contributed by atoms with E-state index in [0.29, 0.717) is 13.2 Å². The molecule has 8 heteroatoms. The van der Waals surface area contributed by atoms with Gasteiger partial charge in [0, 0.05) is 32.8 Å².